The lowest BCUT2D eigenvalue weighted by molar-refractivity contribution is -0.136. The zero-order chi connectivity index (χ0) is 21.5. The van der Waals surface area contributed by atoms with E-state index in [4.69, 9.17) is 5.73 Å². The van der Waals surface area contributed by atoms with Crippen molar-refractivity contribution >= 4 is 23.6 Å². The van der Waals surface area contributed by atoms with E-state index in [-0.39, 0.29) is 12.8 Å². The lowest BCUT2D eigenvalue weighted by Gasteiger charge is -2.38. The second-order valence-corrected chi connectivity index (χ2v) is 8.33. The summed E-state index contributed by atoms with van der Waals surface area (Å²) in [6.45, 7) is 2.25. The molecule has 3 aliphatic heterocycles. The fourth-order valence-electron chi connectivity index (χ4n) is 4.60. The summed E-state index contributed by atoms with van der Waals surface area (Å²) in [5.74, 6) is -2.00. The van der Waals surface area contributed by atoms with Crippen molar-refractivity contribution in [3.8, 4) is 0 Å². The molecule has 3 aliphatic rings. The Morgan fingerprint density at radius 3 is 2.53 bits per heavy atom. The van der Waals surface area contributed by atoms with Gasteiger partial charge in [0.05, 0.1) is 16.7 Å². The summed E-state index contributed by atoms with van der Waals surface area (Å²) in [4.78, 5) is 52.9. The lowest BCUT2D eigenvalue weighted by atomic mass is 9.88. The van der Waals surface area contributed by atoms with Crippen molar-refractivity contribution in [3.05, 3.63) is 34.9 Å². The Morgan fingerprint density at radius 2 is 1.87 bits per heavy atom. The summed E-state index contributed by atoms with van der Waals surface area (Å²) >= 11 is 0. The van der Waals surface area contributed by atoms with Crippen molar-refractivity contribution in [2.45, 2.75) is 50.3 Å². The van der Waals surface area contributed by atoms with Gasteiger partial charge in [-0.05, 0) is 43.9 Å². The number of imide groups is 2. The second-order valence-electron chi connectivity index (χ2n) is 8.33. The minimum Gasteiger partial charge on any atom is -0.390 e. The molecule has 0 bridgehead atoms. The number of carbonyl (C=O) groups excluding carboxylic acids is 4. The number of fused-ring (bicyclic) bond motifs is 1. The van der Waals surface area contributed by atoms with Gasteiger partial charge in [-0.1, -0.05) is 12.1 Å². The zero-order valence-electron chi connectivity index (χ0n) is 16.7. The molecule has 9 heteroatoms. The molecule has 1 aromatic carbocycles. The smallest absolute Gasteiger partial charge is 0.262 e. The monoisotopic (exact) mass is 414 g/mol. The predicted octanol–water partition coefficient (Wildman–Crippen LogP) is -0.236. The van der Waals surface area contributed by atoms with Gasteiger partial charge in [-0.15, -0.1) is 0 Å². The molecule has 0 radical (unpaired) electrons. The van der Waals surface area contributed by atoms with Crippen LogP contribution in [0.1, 0.15) is 58.4 Å². The van der Waals surface area contributed by atoms with E-state index < -0.39 is 35.3 Å². The number of carbonyl (C=O) groups is 4. The third-order valence-electron chi connectivity index (χ3n) is 6.34. The van der Waals surface area contributed by atoms with Crippen LogP contribution in [0, 0.1) is 0 Å². The molecule has 2 saturated heterocycles. The highest BCUT2D eigenvalue weighted by molar-refractivity contribution is 6.24. The van der Waals surface area contributed by atoms with Crippen LogP contribution in [-0.4, -0.2) is 69.8 Å². The first kappa shape index (κ1) is 20.6. The first-order valence-electron chi connectivity index (χ1n) is 10.3. The zero-order valence-corrected chi connectivity index (χ0v) is 16.7. The van der Waals surface area contributed by atoms with Gasteiger partial charge in [0.15, 0.2) is 0 Å². The Bertz CT molecular complexity index is 907. The first-order chi connectivity index (χ1) is 14.3. The van der Waals surface area contributed by atoms with Gasteiger partial charge in [0.25, 0.3) is 11.8 Å². The Hall–Kier alpha value is -2.62. The highest BCUT2D eigenvalue weighted by Crippen LogP contribution is 2.32. The second kappa shape index (κ2) is 7.90. The number of benzene rings is 1. The highest BCUT2D eigenvalue weighted by atomic mass is 16.3. The molecule has 160 valence electrons. The minimum absolute atomic E-state index is 0.0934. The molecule has 1 unspecified atom stereocenters. The van der Waals surface area contributed by atoms with Gasteiger partial charge in [-0.2, -0.15) is 0 Å². The molecule has 0 saturated carbocycles. The average molecular weight is 414 g/mol. The van der Waals surface area contributed by atoms with E-state index in [1.54, 1.807) is 12.1 Å². The summed E-state index contributed by atoms with van der Waals surface area (Å²) in [6, 6.07) is 4.19. The van der Waals surface area contributed by atoms with E-state index in [1.807, 2.05) is 6.07 Å². The molecule has 0 aliphatic carbocycles. The van der Waals surface area contributed by atoms with Gasteiger partial charge < -0.3 is 10.8 Å². The molecule has 3 heterocycles. The summed E-state index contributed by atoms with van der Waals surface area (Å²) < 4.78 is 0. The number of hydrogen-bond acceptors (Lipinski definition) is 7. The quantitative estimate of drug-likeness (QED) is 0.567. The molecule has 2 fully saturated rings. The lowest BCUT2D eigenvalue weighted by Crippen LogP contribution is -2.54. The van der Waals surface area contributed by atoms with Gasteiger partial charge in [0.1, 0.15) is 6.04 Å². The van der Waals surface area contributed by atoms with Crippen LogP contribution in [0.2, 0.25) is 0 Å². The van der Waals surface area contributed by atoms with Crippen molar-refractivity contribution in [3.63, 3.8) is 0 Å². The maximum absolute atomic E-state index is 13.2. The van der Waals surface area contributed by atoms with E-state index in [1.165, 1.54) is 0 Å². The van der Waals surface area contributed by atoms with Crippen LogP contribution in [0.3, 0.4) is 0 Å². The molecule has 0 spiro atoms. The fraction of sp³-hybridized carbons (Fsp3) is 0.524. The van der Waals surface area contributed by atoms with Crippen LogP contribution in [0.15, 0.2) is 18.2 Å². The normalized spacial score (nSPS) is 24.2. The Morgan fingerprint density at radius 1 is 1.13 bits per heavy atom. The van der Waals surface area contributed by atoms with Crippen molar-refractivity contribution in [1.82, 2.24) is 15.1 Å². The molecular formula is C21H26N4O5. The molecule has 0 aromatic heterocycles. The summed E-state index contributed by atoms with van der Waals surface area (Å²) in [5.41, 5.74) is 6.20. The number of nitrogens with one attached hydrogen (secondary N) is 1. The number of nitrogens with two attached hydrogens (primary N) is 1. The Labute approximate surface area is 174 Å². The number of amides is 4. The predicted molar refractivity (Wildman–Crippen MR) is 106 cm³/mol. The topological polar surface area (TPSA) is 133 Å². The minimum atomic E-state index is -0.968. The SMILES string of the molecule is NCCC1(O)CCN(Cc2cccc3c2C(=O)N(C2CCC(=O)NC2=O)C3=O)CC1. The number of piperidine rings is 2. The van der Waals surface area contributed by atoms with Crippen molar-refractivity contribution < 1.29 is 24.3 Å². The molecule has 30 heavy (non-hydrogen) atoms. The molecule has 4 rings (SSSR count). The highest BCUT2D eigenvalue weighted by Gasteiger charge is 2.45. The maximum atomic E-state index is 13.2. The summed E-state index contributed by atoms with van der Waals surface area (Å²) in [7, 11) is 0. The van der Waals surface area contributed by atoms with E-state index in [0.717, 1.165) is 10.5 Å². The molecule has 1 atom stereocenters. The van der Waals surface area contributed by atoms with Crippen LogP contribution in [0.25, 0.3) is 0 Å². The summed E-state index contributed by atoms with van der Waals surface area (Å²) in [5, 5.41) is 12.7. The molecule has 9 nitrogen and oxygen atoms in total. The van der Waals surface area contributed by atoms with Crippen LogP contribution in [-0.2, 0) is 16.1 Å². The molecular weight excluding hydrogens is 388 g/mol. The number of rotatable bonds is 5. The van der Waals surface area contributed by atoms with Crippen LogP contribution in [0.4, 0.5) is 0 Å². The van der Waals surface area contributed by atoms with Crippen LogP contribution in [0.5, 0.6) is 0 Å². The van der Waals surface area contributed by atoms with E-state index >= 15 is 0 Å². The van der Waals surface area contributed by atoms with Gasteiger partial charge in [0.2, 0.25) is 11.8 Å². The van der Waals surface area contributed by atoms with Gasteiger partial charge in [-0.25, -0.2) is 0 Å². The fourth-order valence-corrected chi connectivity index (χ4v) is 4.60. The Kier molecular flexibility index (Phi) is 5.44. The van der Waals surface area contributed by atoms with E-state index in [2.05, 4.69) is 10.2 Å². The molecule has 4 amide bonds. The number of hydrogen-bond donors (Lipinski definition) is 3. The van der Waals surface area contributed by atoms with Crippen LogP contribution >= 0.6 is 0 Å². The van der Waals surface area contributed by atoms with Crippen LogP contribution < -0.4 is 11.1 Å². The average Bonchev–Trinajstić information content (AvgIpc) is 2.96. The third-order valence-corrected chi connectivity index (χ3v) is 6.34. The number of aliphatic hydroxyl groups is 1. The number of likely N-dealkylation sites (tertiary alicyclic amines) is 1. The van der Waals surface area contributed by atoms with Gasteiger partial charge in [0, 0.05) is 26.1 Å². The maximum Gasteiger partial charge on any atom is 0.262 e. The van der Waals surface area contributed by atoms with Crippen molar-refractivity contribution in [1.29, 1.82) is 0 Å². The van der Waals surface area contributed by atoms with Crippen molar-refractivity contribution in [2.75, 3.05) is 19.6 Å². The van der Waals surface area contributed by atoms with E-state index in [9.17, 15) is 24.3 Å². The van der Waals surface area contributed by atoms with Gasteiger partial charge in [-0.3, -0.25) is 34.3 Å². The van der Waals surface area contributed by atoms with E-state index in [0.29, 0.717) is 56.6 Å². The van der Waals surface area contributed by atoms with Crippen molar-refractivity contribution in [2.24, 2.45) is 5.73 Å². The molecule has 1 aromatic rings. The largest absolute Gasteiger partial charge is 0.390 e. The Balaban J connectivity index is 1.53. The molecule has 4 N–H and O–H groups in total. The standard InChI is InChI=1S/C21H26N4O5/c22-9-6-21(30)7-10-24(11-8-21)12-13-2-1-3-14-17(13)20(29)25(19(14)28)15-4-5-16(26)23-18(15)27/h1-3,15,30H,4-12,22H2,(H,23,26,27). The summed E-state index contributed by atoms with van der Waals surface area (Å²) in [6.07, 6.45) is 2.01. The first-order valence-corrected chi connectivity index (χ1v) is 10.3. The number of nitrogens with zero attached hydrogens (tertiary/aromatic N) is 2. The van der Waals surface area contributed by atoms with Gasteiger partial charge >= 0.3 is 0 Å². The third kappa shape index (κ3) is 3.64.